The van der Waals surface area contributed by atoms with Gasteiger partial charge >= 0.3 is 6.03 Å². The minimum Gasteiger partial charge on any atom is -0.379 e. The van der Waals surface area contributed by atoms with Crippen LogP contribution in [0.4, 0.5) is 16.2 Å². The molecule has 3 N–H and O–H groups in total. The molecule has 0 saturated carbocycles. The first-order chi connectivity index (χ1) is 9.17. The van der Waals surface area contributed by atoms with Gasteiger partial charge < -0.3 is 16.0 Å². The Bertz CT molecular complexity index is 555. The number of amides is 2. The van der Waals surface area contributed by atoms with Gasteiger partial charge in [0, 0.05) is 18.4 Å². The molecule has 0 fully saturated rings. The maximum Gasteiger partial charge on any atom is 0.318 e. The van der Waals surface area contributed by atoms with E-state index in [4.69, 9.17) is 11.6 Å². The molecule has 2 rings (SSSR count). The van der Waals surface area contributed by atoms with E-state index in [9.17, 15) is 4.79 Å². The van der Waals surface area contributed by atoms with Crippen LogP contribution in [0, 0.1) is 0 Å². The van der Waals surface area contributed by atoms with Gasteiger partial charge in [-0.25, -0.2) is 9.78 Å². The Hall–Kier alpha value is -1.79. The number of carbonyl (C=O) groups excluding carboxylic acids is 1. The third kappa shape index (κ3) is 4.11. The summed E-state index contributed by atoms with van der Waals surface area (Å²) in [5.74, 6) is 0. The van der Waals surface area contributed by atoms with Gasteiger partial charge in [-0.15, -0.1) is 11.3 Å². The highest BCUT2D eigenvalue weighted by Crippen LogP contribution is 2.20. The van der Waals surface area contributed by atoms with Crippen molar-refractivity contribution < 1.29 is 4.79 Å². The zero-order valence-corrected chi connectivity index (χ0v) is 11.8. The van der Waals surface area contributed by atoms with Crippen molar-refractivity contribution in [3.63, 3.8) is 0 Å². The molecule has 100 valence electrons. The molecule has 0 aliphatic heterocycles. The summed E-state index contributed by atoms with van der Waals surface area (Å²) in [4.78, 5) is 15.3. The summed E-state index contributed by atoms with van der Waals surface area (Å²) >= 11 is 7.26. The lowest BCUT2D eigenvalue weighted by molar-refractivity contribution is 0.254. The highest BCUT2D eigenvalue weighted by Gasteiger charge is 2.01. The van der Waals surface area contributed by atoms with E-state index in [-0.39, 0.29) is 6.03 Å². The number of carbonyl (C=O) groups is 1. The molecule has 0 unspecified atom stereocenters. The predicted molar refractivity (Wildman–Crippen MR) is 79.0 cm³/mol. The van der Waals surface area contributed by atoms with Crippen LogP contribution in [0.25, 0.3) is 0 Å². The molecule has 1 aromatic heterocycles. The van der Waals surface area contributed by atoms with E-state index in [0.717, 1.165) is 16.4 Å². The number of benzene rings is 1. The summed E-state index contributed by atoms with van der Waals surface area (Å²) in [5.41, 5.74) is 1.69. The Morgan fingerprint density at radius 1 is 1.32 bits per heavy atom. The van der Waals surface area contributed by atoms with E-state index < -0.39 is 0 Å². The maximum atomic E-state index is 11.1. The molecule has 19 heavy (non-hydrogen) atoms. The summed E-state index contributed by atoms with van der Waals surface area (Å²) in [7, 11) is 1.57. The molecular formula is C12H13ClN4OS. The molecule has 0 radical (unpaired) electrons. The number of nitrogens with one attached hydrogen (secondary N) is 3. The minimum atomic E-state index is -0.238. The molecule has 0 bridgehead atoms. The van der Waals surface area contributed by atoms with Crippen molar-refractivity contribution in [2.75, 3.05) is 17.7 Å². The zero-order chi connectivity index (χ0) is 13.7. The van der Waals surface area contributed by atoms with E-state index in [2.05, 4.69) is 20.9 Å². The van der Waals surface area contributed by atoms with Crippen LogP contribution in [0.5, 0.6) is 0 Å². The van der Waals surface area contributed by atoms with E-state index in [1.807, 2.05) is 24.3 Å². The van der Waals surface area contributed by atoms with Crippen LogP contribution in [-0.2, 0) is 6.54 Å². The first-order valence-electron chi connectivity index (χ1n) is 5.60. The Morgan fingerprint density at radius 3 is 2.58 bits per heavy atom. The molecule has 2 aromatic rings. The average Bonchev–Trinajstić information content (AvgIpc) is 2.83. The molecule has 0 spiro atoms. The van der Waals surface area contributed by atoms with Gasteiger partial charge in [0.05, 0.1) is 12.7 Å². The van der Waals surface area contributed by atoms with Crippen LogP contribution in [0.1, 0.15) is 5.01 Å². The van der Waals surface area contributed by atoms with Crippen LogP contribution in [0.2, 0.25) is 4.34 Å². The fourth-order valence-corrected chi connectivity index (χ4v) is 2.31. The summed E-state index contributed by atoms with van der Waals surface area (Å²) in [6, 6.07) is 7.19. The number of hydrogen-bond acceptors (Lipinski definition) is 4. The first-order valence-corrected chi connectivity index (χ1v) is 6.79. The molecule has 0 saturated heterocycles. The number of hydrogen-bond donors (Lipinski definition) is 3. The summed E-state index contributed by atoms with van der Waals surface area (Å²) in [6.45, 7) is 0.625. The molecule has 0 atom stereocenters. The fraction of sp³-hybridized carbons (Fsp3) is 0.167. The smallest absolute Gasteiger partial charge is 0.318 e. The van der Waals surface area contributed by atoms with Crippen LogP contribution >= 0.6 is 22.9 Å². The molecule has 0 aliphatic rings. The van der Waals surface area contributed by atoms with Gasteiger partial charge in [-0.05, 0) is 24.3 Å². The molecule has 5 nitrogen and oxygen atoms in total. The average molecular weight is 297 g/mol. The number of halogens is 1. The maximum absolute atomic E-state index is 11.1. The number of nitrogens with zero attached hydrogens (tertiary/aromatic N) is 1. The Kier molecular flexibility index (Phi) is 4.59. The molecule has 1 aromatic carbocycles. The normalized spacial score (nSPS) is 10.0. The van der Waals surface area contributed by atoms with Crippen molar-refractivity contribution in [1.82, 2.24) is 10.3 Å². The highest BCUT2D eigenvalue weighted by atomic mass is 35.5. The number of urea groups is 1. The molecule has 7 heteroatoms. The van der Waals surface area contributed by atoms with Gasteiger partial charge in [0.15, 0.2) is 0 Å². The lowest BCUT2D eigenvalue weighted by Gasteiger charge is -2.07. The van der Waals surface area contributed by atoms with Crippen LogP contribution in [0.15, 0.2) is 30.5 Å². The topological polar surface area (TPSA) is 66.1 Å². The van der Waals surface area contributed by atoms with Gasteiger partial charge in [-0.3, -0.25) is 0 Å². The lowest BCUT2D eigenvalue weighted by Crippen LogP contribution is -2.24. The molecule has 2 amide bonds. The summed E-state index contributed by atoms with van der Waals surface area (Å²) < 4.78 is 0.682. The third-order valence-electron chi connectivity index (χ3n) is 2.34. The first kappa shape index (κ1) is 13.6. The van der Waals surface area contributed by atoms with Gasteiger partial charge in [-0.1, -0.05) is 11.6 Å². The highest BCUT2D eigenvalue weighted by molar-refractivity contribution is 7.15. The molecule has 0 aliphatic carbocycles. The quantitative estimate of drug-likeness (QED) is 0.812. The molecule has 1 heterocycles. The van der Waals surface area contributed by atoms with Crippen molar-refractivity contribution in [2.45, 2.75) is 6.54 Å². The van der Waals surface area contributed by atoms with Crippen molar-refractivity contribution in [1.29, 1.82) is 0 Å². The Balaban J connectivity index is 1.89. The number of rotatable bonds is 4. The van der Waals surface area contributed by atoms with Crippen molar-refractivity contribution in [3.8, 4) is 0 Å². The predicted octanol–water partition coefficient (Wildman–Crippen LogP) is 3.16. The zero-order valence-electron chi connectivity index (χ0n) is 10.2. The second-order valence-electron chi connectivity index (χ2n) is 3.69. The van der Waals surface area contributed by atoms with Crippen molar-refractivity contribution >= 4 is 40.3 Å². The third-order valence-corrected chi connectivity index (χ3v) is 3.45. The van der Waals surface area contributed by atoms with Gasteiger partial charge in [0.25, 0.3) is 0 Å². The fourth-order valence-electron chi connectivity index (χ4n) is 1.41. The Morgan fingerprint density at radius 2 is 2.00 bits per heavy atom. The van der Waals surface area contributed by atoms with E-state index in [0.29, 0.717) is 10.9 Å². The van der Waals surface area contributed by atoms with Gasteiger partial charge in [0.1, 0.15) is 9.34 Å². The summed E-state index contributed by atoms with van der Waals surface area (Å²) in [5, 5.41) is 9.34. The monoisotopic (exact) mass is 296 g/mol. The largest absolute Gasteiger partial charge is 0.379 e. The van der Waals surface area contributed by atoms with Gasteiger partial charge in [-0.2, -0.15) is 0 Å². The lowest BCUT2D eigenvalue weighted by atomic mass is 10.3. The van der Waals surface area contributed by atoms with E-state index >= 15 is 0 Å². The number of aromatic nitrogens is 1. The molecular weight excluding hydrogens is 284 g/mol. The van der Waals surface area contributed by atoms with E-state index in [1.165, 1.54) is 11.3 Å². The Labute approximate surface area is 120 Å². The van der Waals surface area contributed by atoms with Crippen molar-refractivity contribution in [3.05, 3.63) is 39.8 Å². The SMILES string of the molecule is CNC(=O)Nc1ccc(NCc2ncc(Cl)s2)cc1. The van der Waals surface area contributed by atoms with Crippen LogP contribution in [0.3, 0.4) is 0 Å². The summed E-state index contributed by atoms with van der Waals surface area (Å²) in [6.07, 6.45) is 1.64. The number of thiazole rings is 1. The van der Waals surface area contributed by atoms with Crippen LogP contribution < -0.4 is 16.0 Å². The second kappa shape index (κ2) is 6.40. The van der Waals surface area contributed by atoms with Crippen molar-refractivity contribution in [2.24, 2.45) is 0 Å². The number of anilines is 2. The minimum absolute atomic E-state index is 0.238. The van der Waals surface area contributed by atoms with E-state index in [1.54, 1.807) is 13.2 Å². The second-order valence-corrected chi connectivity index (χ2v) is 5.44. The standard InChI is InChI=1S/C12H13ClN4OS/c1-14-12(18)17-9-4-2-8(3-5-9)15-7-11-16-6-10(13)19-11/h2-6,15H,7H2,1H3,(H2,14,17,18). The van der Waals surface area contributed by atoms with Crippen LogP contribution in [-0.4, -0.2) is 18.1 Å². The van der Waals surface area contributed by atoms with Gasteiger partial charge in [0.2, 0.25) is 0 Å².